The lowest BCUT2D eigenvalue weighted by atomic mass is 10.2. The van der Waals surface area contributed by atoms with Crippen LogP contribution in [0.2, 0.25) is 0 Å². The summed E-state index contributed by atoms with van der Waals surface area (Å²) in [6.07, 6.45) is 1.00. The summed E-state index contributed by atoms with van der Waals surface area (Å²) in [4.78, 5) is 18.8. The van der Waals surface area contributed by atoms with Crippen LogP contribution < -0.4 is 5.56 Å². The molecule has 0 saturated carbocycles. The highest BCUT2D eigenvalue weighted by atomic mass is 16.3. The Labute approximate surface area is 143 Å². The third-order valence-corrected chi connectivity index (χ3v) is 4.43. The van der Waals surface area contributed by atoms with Crippen LogP contribution in [0.1, 0.15) is 30.1 Å². The van der Waals surface area contributed by atoms with Crippen molar-refractivity contribution in [3.05, 3.63) is 57.9 Å². The molecule has 8 heteroatoms. The summed E-state index contributed by atoms with van der Waals surface area (Å²) in [5, 5.41) is 24.0. The van der Waals surface area contributed by atoms with Gasteiger partial charge >= 0.3 is 0 Å². The lowest BCUT2D eigenvalue weighted by molar-refractivity contribution is 0.189. The molecule has 0 radical (unpaired) electrons. The summed E-state index contributed by atoms with van der Waals surface area (Å²) in [6, 6.07) is 6.53. The van der Waals surface area contributed by atoms with E-state index in [1.54, 1.807) is 19.2 Å². The topological polar surface area (TPSA) is 95.9 Å². The second-order valence-corrected chi connectivity index (χ2v) is 6.34. The fourth-order valence-corrected chi connectivity index (χ4v) is 3.15. The van der Waals surface area contributed by atoms with Crippen LogP contribution in [0.4, 0.5) is 0 Å². The molecule has 0 saturated heterocycles. The quantitative estimate of drug-likeness (QED) is 0.727. The van der Waals surface area contributed by atoms with E-state index in [1.165, 1.54) is 16.5 Å². The van der Waals surface area contributed by atoms with Crippen molar-refractivity contribution in [2.45, 2.75) is 32.7 Å². The zero-order valence-electron chi connectivity index (χ0n) is 13.8. The molecule has 1 aliphatic heterocycles. The van der Waals surface area contributed by atoms with Gasteiger partial charge in [-0.15, -0.1) is 0 Å². The van der Waals surface area contributed by atoms with E-state index in [-0.39, 0.29) is 17.0 Å². The average Bonchev–Trinajstić information content (AvgIpc) is 3.00. The molecule has 3 aromatic heterocycles. The minimum absolute atomic E-state index is 0.0141. The van der Waals surface area contributed by atoms with Gasteiger partial charge in [0.15, 0.2) is 11.4 Å². The van der Waals surface area contributed by atoms with Crippen molar-refractivity contribution in [3.8, 4) is 5.75 Å². The van der Waals surface area contributed by atoms with Crippen molar-refractivity contribution < 1.29 is 10.2 Å². The van der Waals surface area contributed by atoms with E-state index in [0.29, 0.717) is 24.5 Å². The molecule has 2 N–H and O–H groups in total. The monoisotopic (exact) mass is 341 g/mol. The number of pyridine rings is 1. The Bertz CT molecular complexity index is 992. The Morgan fingerprint density at radius 1 is 1.32 bits per heavy atom. The molecule has 25 heavy (non-hydrogen) atoms. The normalized spacial score (nSPS) is 16.1. The molecule has 3 aromatic rings. The van der Waals surface area contributed by atoms with Gasteiger partial charge in [-0.2, -0.15) is 5.10 Å². The maximum absolute atomic E-state index is 12.2. The molecule has 0 bridgehead atoms. The lowest BCUT2D eigenvalue weighted by Crippen LogP contribution is -2.34. The molecule has 8 nitrogen and oxygen atoms in total. The van der Waals surface area contributed by atoms with Gasteiger partial charge in [-0.1, -0.05) is 0 Å². The fraction of sp³-hybridized carbons (Fsp3) is 0.353. The van der Waals surface area contributed by atoms with Crippen LogP contribution in [0.15, 0.2) is 35.3 Å². The van der Waals surface area contributed by atoms with Crippen LogP contribution in [-0.4, -0.2) is 40.8 Å². The Morgan fingerprint density at radius 3 is 2.96 bits per heavy atom. The van der Waals surface area contributed by atoms with Crippen molar-refractivity contribution in [2.75, 3.05) is 6.54 Å². The predicted octanol–water partition coefficient (Wildman–Crippen LogP) is 0.666. The van der Waals surface area contributed by atoms with Crippen molar-refractivity contribution in [2.24, 2.45) is 0 Å². The number of hydrogen-bond donors (Lipinski definition) is 2. The highest BCUT2D eigenvalue weighted by molar-refractivity contribution is 5.52. The third-order valence-electron chi connectivity index (χ3n) is 4.43. The molecule has 0 spiro atoms. The lowest BCUT2D eigenvalue weighted by Gasteiger charge is -2.27. The first-order valence-corrected chi connectivity index (χ1v) is 8.18. The van der Waals surface area contributed by atoms with Crippen LogP contribution >= 0.6 is 0 Å². The summed E-state index contributed by atoms with van der Waals surface area (Å²) in [5.41, 5.74) is 2.37. The Morgan fingerprint density at radius 2 is 2.16 bits per heavy atom. The average molecular weight is 341 g/mol. The van der Waals surface area contributed by atoms with Crippen molar-refractivity contribution in [3.63, 3.8) is 0 Å². The molecule has 130 valence electrons. The summed E-state index contributed by atoms with van der Waals surface area (Å²) < 4.78 is 3.24. The molecule has 1 atom stereocenters. The van der Waals surface area contributed by atoms with Crippen LogP contribution in [0.25, 0.3) is 5.65 Å². The van der Waals surface area contributed by atoms with Gasteiger partial charge in [-0.3, -0.25) is 18.8 Å². The minimum Gasteiger partial charge on any atom is -0.504 e. The Hall–Kier alpha value is -2.71. The van der Waals surface area contributed by atoms with Gasteiger partial charge in [0.2, 0.25) is 0 Å². The van der Waals surface area contributed by atoms with E-state index in [4.69, 9.17) is 0 Å². The number of aliphatic hydroxyl groups is 1. The largest absolute Gasteiger partial charge is 0.504 e. The molecule has 0 fully saturated rings. The predicted molar refractivity (Wildman–Crippen MR) is 90.1 cm³/mol. The van der Waals surface area contributed by atoms with Crippen molar-refractivity contribution in [1.82, 2.24) is 24.1 Å². The summed E-state index contributed by atoms with van der Waals surface area (Å²) in [6.45, 7) is 4.37. The standard InChI is InChI=1S/C17H19N5O3/c1-11(23)14-8-13-10-20(5-6-22(13)19-14)9-12-7-16(25)21-4-2-3-15(24)17(21)18-12/h2-4,7-8,11,23-24H,5-6,9-10H2,1H3. The van der Waals surface area contributed by atoms with Crippen molar-refractivity contribution >= 4 is 5.65 Å². The molecular formula is C17H19N5O3. The molecule has 1 aliphatic rings. The molecule has 0 aromatic carbocycles. The first kappa shape index (κ1) is 15.8. The van der Waals surface area contributed by atoms with E-state index in [1.807, 2.05) is 10.7 Å². The van der Waals surface area contributed by atoms with Gasteiger partial charge in [0.05, 0.1) is 29.7 Å². The van der Waals surface area contributed by atoms with Gasteiger partial charge in [0.25, 0.3) is 5.56 Å². The summed E-state index contributed by atoms with van der Waals surface area (Å²) in [7, 11) is 0. The second kappa shape index (κ2) is 5.98. The zero-order valence-corrected chi connectivity index (χ0v) is 13.8. The van der Waals surface area contributed by atoms with Gasteiger partial charge < -0.3 is 10.2 Å². The molecule has 0 amide bonds. The van der Waals surface area contributed by atoms with E-state index in [0.717, 1.165) is 18.8 Å². The van der Waals surface area contributed by atoms with Gasteiger partial charge in [0, 0.05) is 31.9 Å². The molecular weight excluding hydrogens is 322 g/mol. The highest BCUT2D eigenvalue weighted by Gasteiger charge is 2.20. The smallest absolute Gasteiger partial charge is 0.258 e. The number of aliphatic hydroxyl groups excluding tert-OH is 1. The molecule has 4 heterocycles. The Balaban J connectivity index is 1.59. The summed E-state index contributed by atoms with van der Waals surface area (Å²) in [5.74, 6) is -0.0141. The second-order valence-electron chi connectivity index (χ2n) is 6.34. The van der Waals surface area contributed by atoms with E-state index in [2.05, 4.69) is 15.0 Å². The zero-order chi connectivity index (χ0) is 17.6. The van der Waals surface area contributed by atoms with Crippen LogP contribution in [0, 0.1) is 0 Å². The maximum Gasteiger partial charge on any atom is 0.258 e. The number of aromatic nitrogens is 4. The first-order valence-electron chi connectivity index (χ1n) is 8.18. The van der Waals surface area contributed by atoms with E-state index in [9.17, 15) is 15.0 Å². The van der Waals surface area contributed by atoms with Crippen LogP contribution in [-0.2, 0) is 19.6 Å². The fourth-order valence-electron chi connectivity index (χ4n) is 3.15. The first-order chi connectivity index (χ1) is 12.0. The van der Waals surface area contributed by atoms with Crippen LogP contribution in [0.3, 0.4) is 0 Å². The highest BCUT2D eigenvalue weighted by Crippen LogP contribution is 2.19. The van der Waals surface area contributed by atoms with Gasteiger partial charge in [-0.05, 0) is 25.1 Å². The van der Waals surface area contributed by atoms with E-state index >= 15 is 0 Å². The SMILES string of the molecule is CC(O)c1cc2n(n1)CCN(Cc1cc(=O)n3cccc(O)c3n1)C2. The number of aromatic hydroxyl groups is 1. The van der Waals surface area contributed by atoms with Gasteiger partial charge in [0.1, 0.15) is 0 Å². The minimum atomic E-state index is -0.586. The number of rotatable bonds is 3. The molecule has 1 unspecified atom stereocenters. The Kier molecular flexibility index (Phi) is 3.78. The van der Waals surface area contributed by atoms with E-state index < -0.39 is 6.10 Å². The molecule has 4 rings (SSSR count). The van der Waals surface area contributed by atoms with Crippen LogP contribution in [0.5, 0.6) is 5.75 Å². The van der Waals surface area contributed by atoms with Crippen molar-refractivity contribution in [1.29, 1.82) is 0 Å². The number of fused-ring (bicyclic) bond motifs is 2. The third kappa shape index (κ3) is 2.90. The maximum atomic E-state index is 12.2. The van der Waals surface area contributed by atoms with Gasteiger partial charge in [-0.25, -0.2) is 4.98 Å². The summed E-state index contributed by atoms with van der Waals surface area (Å²) >= 11 is 0. The molecule has 0 aliphatic carbocycles. The number of nitrogens with zero attached hydrogens (tertiary/aromatic N) is 5. The number of hydrogen-bond acceptors (Lipinski definition) is 6.